The Labute approximate surface area is 343 Å². The zero-order valence-corrected chi connectivity index (χ0v) is 35.1. The molecule has 2 amide bonds. The molecule has 6 rings (SSSR count). The molecule has 0 aliphatic carbocycles. The van der Waals surface area contributed by atoms with E-state index in [-0.39, 0.29) is 34.8 Å². The minimum Gasteiger partial charge on any atom is -0.414 e. The van der Waals surface area contributed by atoms with Gasteiger partial charge in [-0.3, -0.25) is 24.5 Å². The Balaban J connectivity index is 1.62. The number of hydrogen-bond donors (Lipinski definition) is 1. The summed E-state index contributed by atoms with van der Waals surface area (Å²) in [5.41, 5.74) is 0.153. The quantitative estimate of drug-likeness (QED) is 0.0204. The molecular formula is C45H44N3O9PSi. The summed E-state index contributed by atoms with van der Waals surface area (Å²) >= 11 is 0. The molecule has 0 spiro atoms. The number of Topliss-reactive ketones (excluding diaryl/α,β-unsaturated/α-hetero) is 1. The number of rotatable bonds is 14. The van der Waals surface area contributed by atoms with Gasteiger partial charge < -0.3 is 19.4 Å². The number of benzene rings is 5. The normalized spacial score (nSPS) is 15.7. The highest BCUT2D eigenvalue weighted by atomic mass is 31.2. The molecular weight excluding hydrogens is 786 g/mol. The van der Waals surface area contributed by atoms with Crippen LogP contribution in [0.2, 0.25) is 19.6 Å². The average Bonchev–Trinajstić information content (AvgIpc) is 3.23. The molecule has 1 fully saturated rings. The Bertz CT molecular complexity index is 2340. The van der Waals surface area contributed by atoms with E-state index in [0.717, 1.165) is 12.1 Å². The van der Waals surface area contributed by atoms with Gasteiger partial charge in [0.15, 0.2) is 14.1 Å². The summed E-state index contributed by atoms with van der Waals surface area (Å²) in [6.07, 6.45) is -0.892. The minimum atomic E-state index is -3.50. The van der Waals surface area contributed by atoms with Gasteiger partial charge in [-0.1, -0.05) is 103 Å². The van der Waals surface area contributed by atoms with E-state index >= 15 is 9.59 Å². The summed E-state index contributed by atoms with van der Waals surface area (Å²) in [5.74, 6) is -4.21. The van der Waals surface area contributed by atoms with Crippen LogP contribution in [0.3, 0.4) is 0 Å². The van der Waals surface area contributed by atoms with Crippen LogP contribution in [0.25, 0.3) is 0 Å². The van der Waals surface area contributed by atoms with Gasteiger partial charge in [-0.2, -0.15) is 0 Å². The van der Waals surface area contributed by atoms with Gasteiger partial charge in [-0.05, 0) is 66.7 Å². The number of likely N-dealkylation sites (tertiary alicyclic amines) is 1. The summed E-state index contributed by atoms with van der Waals surface area (Å²) in [4.78, 5) is 82.9. The number of nitro groups is 1. The second-order valence-corrected chi connectivity index (χ2v) is 22.8. The maximum Gasteiger partial charge on any atom is 0.363 e. The van der Waals surface area contributed by atoms with Crippen LogP contribution in [-0.2, 0) is 18.8 Å². The highest BCUT2D eigenvalue weighted by Gasteiger charge is 2.56. The minimum absolute atomic E-state index is 0.120. The smallest absolute Gasteiger partial charge is 0.363 e. The van der Waals surface area contributed by atoms with Crippen LogP contribution in [0.15, 0.2) is 140 Å². The highest BCUT2D eigenvalue weighted by molar-refractivity contribution is 7.96. The molecule has 302 valence electrons. The van der Waals surface area contributed by atoms with E-state index in [9.17, 15) is 24.5 Å². The fourth-order valence-corrected chi connectivity index (χ4v) is 13.2. The van der Waals surface area contributed by atoms with Crippen molar-refractivity contribution in [2.24, 2.45) is 5.92 Å². The van der Waals surface area contributed by atoms with Gasteiger partial charge in [0.05, 0.1) is 28.6 Å². The lowest BCUT2D eigenvalue weighted by molar-refractivity contribution is -0.384. The first kappa shape index (κ1) is 42.3. The van der Waals surface area contributed by atoms with Crippen molar-refractivity contribution >= 4 is 71.8 Å². The first-order valence-electron chi connectivity index (χ1n) is 19.0. The van der Waals surface area contributed by atoms with Crippen LogP contribution in [-0.4, -0.2) is 72.3 Å². The van der Waals surface area contributed by atoms with Crippen LogP contribution >= 0.6 is 6.89 Å². The van der Waals surface area contributed by atoms with Crippen molar-refractivity contribution in [2.45, 2.75) is 45.1 Å². The first-order valence-corrected chi connectivity index (χ1v) is 24.2. The lowest BCUT2D eigenvalue weighted by Gasteiger charge is -2.52. The molecule has 5 aromatic carbocycles. The zero-order chi connectivity index (χ0) is 42.5. The molecule has 5 aromatic rings. The van der Waals surface area contributed by atoms with Crippen LogP contribution in [0.4, 0.5) is 5.69 Å². The molecule has 0 radical (unpaired) electrons. The number of carbonyl (C=O) groups is 5. The van der Waals surface area contributed by atoms with E-state index in [1.807, 2.05) is 111 Å². The van der Waals surface area contributed by atoms with Gasteiger partial charge in [-0.15, -0.1) is 0 Å². The number of esters is 2. The van der Waals surface area contributed by atoms with E-state index in [4.69, 9.17) is 9.16 Å². The summed E-state index contributed by atoms with van der Waals surface area (Å²) in [6, 6.07) is 37.6. The predicted molar refractivity (Wildman–Crippen MR) is 230 cm³/mol. The summed E-state index contributed by atoms with van der Waals surface area (Å²) < 4.78 is 12.2. The molecule has 1 heterocycles. The number of nitro benzene ring substituents is 1. The van der Waals surface area contributed by atoms with Crippen LogP contribution in [0.1, 0.15) is 44.4 Å². The van der Waals surface area contributed by atoms with E-state index < -0.39 is 56.0 Å². The van der Waals surface area contributed by atoms with E-state index in [0.29, 0.717) is 27.0 Å². The molecule has 3 atom stereocenters. The molecule has 59 heavy (non-hydrogen) atoms. The summed E-state index contributed by atoms with van der Waals surface area (Å²) in [7, 11) is -0.748. The number of carbonyl (C=O) groups excluding carboxylic acids is 5. The number of nitrogens with one attached hydrogen (secondary N) is 1. The van der Waals surface area contributed by atoms with E-state index in [1.54, 1.807) is 31.2 Å². The molecule has 0 bridgehead atoms. The predicted octanol–water partition coefficient (Wildman–Crippen LogP) is 6.10. The molecule has 0 saturated carbocycles. The fourth-order valence-electron chi connectivity index (χ4n) is 7.52. The third kappa shape index (κ3) is 8.78. The van der Waals surface area contributed by atoms with Crippen LogP contribution in [0, 0.1) is 16.0 Å². The Morgan fingerprint density at radius 1 is 0.746 bits per heavy atom. The number of amides is 2. The third-order valence-corrected chi connectivity index (χ3v) is 15.4. The molecule has 1 N–H and O–H groups in total. The number of non-ortho nitro benzene ring substituents is 1. The van der Waals surface area contributed by atoms with Crippen molar-refractivity contribution < 1.29 is 38.1 Å². The topological polar surface area (TPSA) is 162 Å². The maximum absolute atomic E-state index is 15.3. The monoisotopic (exact) mass is 829 g/mol. The lowest BCUT2D eigenvalue weighted by Crippen LogP contribution is -2.69. The van der Waals surface area contributed by atoms with Crippen LogP contribution in [0.5, 0.6) is 0 Å². The highest BCUT2D eigenvalue weighted by Crippen LogP contribution is 2.50. The molecule has 0 aromatic heterocycles. The van der Waals surface area contributed by atoms with Gasteiger partial charge in [0.25, 0.3) is 11.6 Å². The first-order chi connectivity index (χ1) is 28.2. The molecule has 12 nitrogen and oxygen atoms in total. The largest absolute Gasteiger partial charge is 0.414 e. The summed E-state index contributed by atoms with van der Waals surface area (Å²) in [6.45, 7) is 4.27. The molecule has 14 heteroatoms. The number of hydrogen-bond acceptors (Lipinski definition) is 9. The van der Waals surface area contributed by atoms with Gasteiger partial charge in [0.1, 0.15) is 5.42 Å². The van der Waals surface area contributed by atoms with Gasteiger partial charge in [0, 0.05) is 43.6 Å². The van der Waals surface area contributed by atoms with Crippen LogP contribution < -0.4 is 21.2 Å². The second kappa shape index (κ2) is 17.7. The van der Waals surface area contributed by atoms with E-state index in [1.165, 1.54) is 24.1 Å². The third-order valence-electron chi connectivity index (χ3n) is 10.1. The standard InChI is InChI=1S/C45H44N3O9PSi/c1-30(57-59(3,4)5)40-38(29-39(49)31-21-23-32(24-22-31)41(50)46-2)47(42(40)51)43(45(53)56-44(52)33-25-27-34(28-26-33)48(54)55)58(35-15-9-6-10-16-35,36-17-11-7-12-18-36)37-19-13-8-14-20-37/h6-28,30,38,40H,29H2,1-5H3,(H,46,50). The Hall–Kier alpha value is -6.27. The molecule has 3 unspecified atom stereocenters. The lowest BCUT2D eigenvalue weighted by atomic mass is 9.79. The molecule has 1 saturated heterocycles. The fraction of sp³-hybridized carbons (Fsp3) is 0.200. The van der Waals surface area contributed by atoms with Crippen molar-refractivity contribution in [2.75, 3.05) is 7.05 Å². The number of nitrogens with zero attached hydrogens (tertiary/aromatic N) is 2. The number of β-lactam (4-membered cyclic amide) rings is 1. The van der Waals surface area contributed by atoms with Crippen molar-refractivity contribution in [3.63, 3.8) is 0 Å². The molecule has 1 aliphatic heterocycles. The van der Waals surface area contributed by atoms with Gasteiger partial charge in [-0.25, -0.2) is 9.59 Å². The van der Waals surface area contributed by atoms with Crippen molar-refractivity contribution in [1.29, 1.82) is 0 Å². The number of ether oxygens (including phenoxy) is 1. The van der Waals surface area contributed by atoms with E-state index in [2.05, 4.69) is 5.32 Å². The maximum atomic E-state index is 15.3. The Kier molecular flexibility index (Phi) is 12.7. The van der Waals surface area contributed by atoms with Crippen molar-refractivity contribution in [3.05, 3.63) is 166 Å². The summed E-state index contributed by atoms with van der Waals surface area (Å²) in [5, 5.41) is 15.9. The second-order valence-electron chi connectivity index (χ2n) is 15.0. The Morgan fingerprint density at radius 2 is 1.20 bits per heavy atom. The zero-order valence-electron chi connectivity index (χ0n) is 33.2. The van der Waals surface area contributed by atoms with Gasteiger partial charge in [0.2, 0.25) is 5.91 Å². The van der Waals surface area contributed by atoms with Gasteiger partial charge >= 0.3 is 11.9 Å². The molecule has 1 aliphatic rings. The SMILES string of the molecule is CNC(=O)c1ccc(C(=O)CC2C(C(C)O[Si](C)(C)C)C(=O)N2C(C(=O)OC(=O)c2ccc([N+](=O)[O-])cc2)=P(c2ccccc2)(c2ccccc2)c2ccccc2)cc1. The van der Waals surface area contributed by atoms with Crippen molar-refractivity contribution in [3.8, 4) is 0 Å². The number of ketones is 1. The van der Waals surface area contributed by atoms with Crippen molar-refractivity contribution in [1.82, 2.24) is 10.2 Å². The Morgan fingerprint density at radius 3 is 1.64 bits per heavy atom. The average molecular weight is 830 g/mol.